The summed E-state index contributed by atoms with van der Waals surface area (Å²) in [5, 5.41) is 11.8. The molecule has 2 atom stereocenters. The van der Waals surface area contributed by atoms with Gasteiger partial charge in [0.2, 0.25) is 0 Å². The third-order valence-electron chi connectivity index (χ3n) is 13.6. The Labute approximate surface area is 451 Å². The first-order valence-electron chi connectivity index (χ1n) is 30.8. The van der Waals surface area contributed by atoms with Crippen molar-refractivity contribution in [2.45, 2.75) is 296 Å². The summed E-state index contributed by atoms with van der Waals surface area (Å²) in [4.78, 5) is 37.3. The maximum absolute atomic E-state index is 12.9. The van der Waals surface area contributed by atoms with E-state index in [-0.39, 0.29) is 32.2 Å². The van der Waals surface area contributed by atoms with E-state index in [0.29, 0.717) is 23.9 Å². The number of aliphatic carboxylic acids is 1. The highest BCUT2D eigenvalue weighted by atomic mass is 16.7. The van der Waals surface area contributed by atoms with Crippen LogP contribution in [-0.4, -0.2) is 82.3 Å². The third kappa shape index (κ3) is 56.8. The minimum absolute atomic E-state index is 0.145. The Hall–Kier alpha value is -2.75. The summed E-state index contributed by atoms with van der Waals surface area (Å²) in [5.41, 5.74) is 0. The van der Waals surface area contributed by atoms with E-state index in [2.05, 4.69) is 62.5 Å². The molecule has 0 fully saturated rings. The van der Waals surface area contributed by atoms with Crippen molar-refractivity contribution in [3.05, 3.63) is 48.6 Å². The number of likely N-dealkylation sites (N-methyl/N-ethyl adjacent to an activating group) is 1. The van der Waals surface area contributed by atoms with Gasteiger partial charge in [-0.15, -0.1) is 0 Å². The molecule has 73 heavy (non-hydrogen) atoms. The number of ether oxygens (including phenoxy) is 4. The molecule has 0 spiro atoms. The van der Waals surface area contributed by atoms with Crippen molar-refractivity contribution in [1.82, 2.24) is 0 Å². The molecule has 0 aliphatic heterocycles. The Bertz CT molecular complexity index is 1340. The first kappa shape index (κ1) is 70.2. The molecule has 9 nitrogen and oxygen atoms in total. The molecule has 2 unspecified atom stereocenters. The average Bonchev–Trinajstić information content (AvgIpc) is 3.36. The van der Waals surface area contributed by atoms with Crippen LogP contribution in [0.3, 0.4) is 0 Å². The topological polar surface area (TPSA) is 111 Å². The van der Waals surface area contributed by atoms with Gasteiger partial charge in [-0.1, -0.05) is 268 Å². The number of quaternary nitrogens is 1. The molecule has 0 aromatic heterocycles. The summed E-state index contributed by atoms with van der Waals surface area (Å²) in [6.45, 7) is 4.66. The molecule has 0 aliphatic carbocycles. The van der Waals surface area contributed by atoms with Gasteiger partial charge in [-0.3, -0.25) is 9.59 Å². The molecule has 0 aromatic carbocycles. The highest BCUT2D eigenvalue weighted by molar-refractivity contribution is 5.70. The van der Waals surface area contributed by atoms with Gasteiger partial charge >= 0.3 is 11.9 Å². The van der Waals surface area contributed by atoms with Gasteiger partial charge in [-0.25, -0.2) is 0 Å². The molecule has 0 radical (unpaired) electrons. The molecule has 426 valence electrons. The van der Waals surface area contributed by atoms with E-state index in [1.165, 1.54) is 167 Å². The Morgan fingerprint density at radius 2 is 0.781 bits per heavy atom. The number of esters is 2. The van der Waals surface area contributed by atoms with Gasteiger partial charge in [-0.2, -0.15) is 0 Å². The second kappa shape index (κ2) is 55.5. The summed E-state index contributed by atoms with van der Waals surface area (Å²) < 4.78 is 22.7. The van der Waals surface area contributed by atoms with Gasteiger partial charge in [0.05, 0.1) is 40.3 Å². The van der Waals surface area contributed by atoms with Crippen molar-refractivity contribution in [2.24, 2.45) is 0 Å². The van der Waals surface area contributed by atoms with Crippen molar-refractivity contribution >= 4 is 17.9 Å². The SMILES string of the molecule is CC/C=C\C/C=C\C/C=C\C/C=C\CCCCCCCCC(=O)OC(COC(=O)CCCCCCCCCCCCCCCCCCCCCCCCCCCCCCC)COC(OCC[N+](C)(C)C)C(=O)[O-]. The Morgan fingerprint density at radius 1 is 0.425 bits per heavy atom. The van der Waals surface area contributed by atoms with E-state index in [1.54, 1.807) is 0 Å². The van der Waals surface area contributed by atoms with E-state index in [4.69, 9.17) is 18.9 Å². The number of carbonyl (C=O) groups is 3. The molecule has 0 aliphatic rings. The maximum Gasteiger partial charge on any atom is 0.306 e. The standard InChI is InChI=1S/C64H117NO8/c1-6-8-10-12-14-16-18-20-22-24-26-27-28-29-30-31-32-33-34-35-37-38-40-42-44-46-48-50-52-54-61(66)71-58-60(59-72-64(63(68)69)70-57-56-65(3,4)5)73-62(67)55-53-51-49-47-45-43-41-39-36-25-23-21-19-17-15-13-11-9-7-2/h9,11,15,17,21,23,36,39,60,64H,6-8,10,12-14,16,18-20,22,24-35,37-38,40-59H2,1-5H3/b11-9-,17-15-,23-21-,39-36-. The number of carboxylic acids is 1. The van der Waals surface area contributed by atoms with Crippen LogP contribution in [0.15, 0.2) is 48.6 Å². The number of hydrogen-bond donors (Lipinski definition) is 0. The van der Waals surface area contributed by atoms with Gasteiger partial charge in [-0.05, 0) is 51.4 Å². The zero-order chi connectivity index (χ0) is 53.4. The quantitative estimate of drug-likeness (QED) is 0.0195. The molecule has 0 aromatic rings. The zero-order valence-corrected chi connectivity index (χ0v) is 48.5. The molecular weight excluding hydrogens is 911 g/mol. The minimum atomic E-state index is -1.63. The predicted octanol–water partition coefficient (Wildman–Crippen LogP) is 16.9. The summed E-state index contributed by atoms with van der Waals surface area (Å²) in [7, 11) is 5.92. The lowest BCUT2D eigenvalue weighted by molar-refractivity contribution is -0.870. The Balaban J connectivity index is 4.14. The van der Waals surface area contributed by atoms with Crippen molar-refractivity contribution in [1.29, 1.82) is 0 Å². The average molecular weight is 1030 g/mol. The fourth-order valence-electron chi connectivity index (χ4n) is 8.88. The fourth-order valence-corrected chi connectivity index (χ4v) is 8.88. The van der Waals surface area contributed by atoms with Crippen LogP contribution in [0, 0.1) is 0 Å². The van der Waals surface area contributed by atoms with Crippen molar-refractivity contribution in [3.63, 3.8) is 0 Å². The lowest BCUT2D eigenvalue weighted by Crippen LogP contribution is -2.44. The first-order valence-corrected chi connectivity index (χ1v) is 30.8. The summed E-state index contributed by atoms with van der Waals surface area (Å²) in [5.74, 6) is -2.29. The fraction of sp³-hybridized carbons (Fsp3) is 0.828. The summed E-state index contributed by atoms with van der Waals surface area (Å²) in [6.07, 6.45) is 66.1. The van der Waals surface area contributed by atoms with Crippen LogP contribution < -0.4 is 5.11 Å². The summed E-state index contributed by atoms with van der Waals surface area (Å²) in [6, 6.07) is 0. The lowest BCUT2D eigenvalue weighted by atomic mass is 10.0. The van der Waals surface area contributed by atoms with Crippen LogP contribution in [0.2, 0.25) is 0 Å². The van der Waals surface area contributed by atoms with E-state index in [1.807, 2.05) is 21.1 Å². The highest BCUT2D eigenvalue weighted by Gasteiger charge is 2.22. The smallest absolute Gasteiger partial charge is 0.306 e. The number of carbonyl (C=O) groups excluding carboxylic acids is 3. The second-order valence-electron chi connectivity index (χ2n) is 22.0. The monoisotopic (exact) mass is 1030 g/mol. The van der Waals surface area contributed by atoms with Crippen molar-refractivity contribution < 1.29 is 42.9 Å². The van der Waals surface area contributed by atoms with Gasteiger partial charge in [0, 0.05) is 12.8 Å². The van der Waals surface area contributed by atoms with E-state index in [0.717, 1.165) is 83.5 Å². The number of nitrogens with zero attached hydrogens (tertiary/aromatic N) is 1. The van der Waals surface area contributed by atoms with Crippen molar-refractivity contribution in [3.8, 4) is 0 Å². The van der Waals surface area contributed by atoms with Crippen LogP contribution in [0.1, 0.15) is 284 Å². The Morgan fingerprint density at radius 3 is 1.16 bits per heavy atom. The predicted molar refractivity (Wildman–Crippen MR) is 306 cm³/mol. The van der Waals surface area contributed by atoms with Crippen LogP contribution in [0.5, 0.6) is 0 Å². The van der Waals surface area contributed by atoms with Gasteiger partial charge in [0.15, 0.2) is 12.4 Å². The van der Waals surface area contributed by atoms with Gasteiger partial charge in [0.1, 0.15) is 13.2 Å². The number of hydrogen-bond acceptors (Lipinski definition) is 8. The molecule has 9 heteroatoms. The van der Waals surface area contributed by atoms with E-state index in [9.17, 15) is 19.5 Å². The molecule has 0 amide bonds. The normalized spacial score (nSPS) is 13.1. The van der Waals surface area contributed by atoms with Crippen LogP contribution >= 0.6 is 0 Å². The summed E-state index contributed by atoms with van der Waals surface area (Å²) >= 11 is 0. The first-order chi connectivity index (χ1) is 35.6. The number of carboxylic acid groups (broad SMARTS) is 1. The number of allylic oxidation sites excluding steroid dienone is 8. The van der Waals surface area contributed by atoms with Gasteiger partial charge in [0.25, 0.3) is 0 Å². The van der Waals surface area contributed by atoms with Gasteiger partial charge < -0.3 is 33.3 Å². The molecular formula is C64H117NO8. The van der Waals surface area contributed by atoms with Crippen LogP contribution in [0.25, 0.3) is 0 Å². The molecule has 0 rings (SSSR count). The second-order valence-corrected chi connectivity index (χ2v) is 22.0. The maximum atomic E-state index is 12.9. The van der Waals surface area contributed by atoms with Crippen LogP contribution in [0.4, 0.5) is 0 Å². The molecule has 0 N–H and O–H groups in total. The van der Waals surface area contributed by atoms with Crippen LogP contribution in [-0.2, 0) is 33.3 Å². The number of unbranched alkanes of at least 4 members (excludes halogenated alkanes) is 34. The third-order valence-corrected chi connectivity index (χ3v) is 13.6. The van der Waals surface area contributed by atoms with E-state index >= 15 is 0 Å². The Kier molecular flexibility index (Phi) is 53.4. The molecule has 0 heterocycles. The van der Waals surface area contributed by atoms with Crippen molar-refractivity contribution in [2.75, 3.05) is 47.5 Å². The highest BCUT2D eigenvalue weighted by Crippen LogP contribution is 2.18. The largest absolute Gasteiger partial charge is 0.545 e. The molecule has 0 bridgehead atoms. The molecule has 0 saturated carbocycles. The van der Waals surface area contributed by atoms with E-state index < -0.39 is 24.3 Å². The number of rotatable bonds is 57. The minimum Gasteiger partial charge on any atom is -0.545 e. The molecule has 0 saturated heterocycles. The zero-order valence-electron chi connectivity index (χ0n) is 48.5. The lowest BCUT2D eigenvalue weighted by Gasteiger charge is -2.26.